The normalized spacial score (nSPS) is 23.4. The quantitative estimate of drug-likeness (QED) is 0.818. The lowest BCUT2D eigenvalue weighted by Gasteiger charge is -2.27. The van der Waals surface area contributed by atoms with Gasteiger partial charge in [-0.15, -0.1) is 0 Å². The summed E-state index contributed by atoms with van der Waals surface area (Å²) in [6.45, 7) is 0.890. The van der Waals surface area contributed by atoms with Crippen molar-refractivity contribution < 1.29 is 13.9 Å². The van der Waals surface area contributed by atoms with E-state index in [1.165, 1.54) is 0 Å². The number of piperidine rings is 1. The zero-order valence-corrected chi connectivity index (χ0v) is 14.9. The Hall–Kier alpha value is -2.13. The molecule has 2 atom stereocenters. The van der Waals surface area contributed by atoms with Crippen molar-refractivity contribution >= 4 is 17.7 Å². The number of ether oxygens (including phenoxy) is 1. The number of nitrogens with one attached hydrogen (secondary N) is 1. The average molecular weight is 377 g/mol. The number of nitrogens with zero attached hydrogens (tertiary/aromatic N) is 3. The van der Waals surface area contributed by atoms with Crippen LogP contribution >= 0.6 is 11.8 Å². The van der Waals surface area contributed by atoms with E-state index in [2.05, 4.69) is 15.4 Å². The second-order valence-corrected chi connectivity index (χ2v) is 7.58. The molecular formula is C17H20FN5O2S. The van der Waals surface area contributed by atoms with Crippen LogP contribution in [0, 0.1) is 0 Å². The number of thioether (sulfide) groups is 1. The lowest BCUT2D eigenvalue weighted by Crippen LogP contribution is -2.44. The molecule has 3 N–H and O–H groups in total. The summed E-state index contributed by atoms with van der Waals surface area (Å²) in [5, 5.41) is 7.35. The molecule has 0 spiro atoms. The molecule has 2 saturated heterocycles. The van der Waals surface area contributed by atoms with Gasteiger partial charge in [0.15, 0.2) is 0 Å². The summed E-state index contributed by atoms with van der Waals surface area (Å²) in [4.78, 5) is 16.1. The number of pyridine rings is 1. The van der Waals surface area contributed by atoms with Gasteiger partial charge in [0.2, 0.25) is 5.88 Å². The largest absolute Gasteiger partial charge is 0.471 e. The Morgan fingerprint density at radius 3 is 2.92 bits per heavy atom. The Balaban J connectivity index is 1.58. The number of halogens is 1. The van der Waals surface area contributed by atoms with Gasteiger partial charge < -0.3 is 15.8 Å². The van der Waals surface area contributed by atoms with Crippen molar-refractivity contribution in [1.82, 2.24) is 20.1 Å². The minimum absolute atomic E-state index is 0.0820. The molecule has 1 amide bonds. The Kier molecular flexibility index (Phi) is 4.82. The minimum Gasteiger partial charge on any atom is -0.471 e. The van der Waals surface area contributed by atoms with Crippen molar-refractivity contribution in [1.29, 1.82) is 0 Å². The third kappa shape index (κ3) is 3.41. The summed E-state index contributed by atoms with van der Waals surface area (Å²) in [6, 6.07) is 2.05. The highest BCUT2D eigenvalue weighted by atomic mass is 32.2. The number of carbonyl (C=O) groups excluding carboxylic acids is 1. The average Bonchev–Trinajstić information content (AvgIpc) is 3.05. The van der Waals surface area contributed by atoms with Gasteiger partial charge in [-0.1, -0.05) is 0 Å². The number of alkyl halides is 1. The maximum atomic E-state index is 14.0. The molecule has 4 rings (SSSR count). The van der Waals surface area contributed by atoms with Crippen LogP contribution in [0.3, 0.4) is 0 Å². The zero-order valence-electron chi connectivity index (χ0n) is 14.1. The van der Waals surface area contributed by atoms with Crippen LogP contribution in [0.2, 0.25) is 0 Å². The summed E-state index contributed by atoms with van der Waals surface area (Å²) >= 11 is 1.88. The molecule has 7 nitrogen and oxygen atoms in total. The van der Waals surface area contributed by atoms with Crippen molar-refractivity contribution in [2.45, 2.75) is 24.7 Å². The van der Waals surface area contributed by atoms with E-state index in [9.17, 15) is 9.18 Å². The lowest BCUT2D eigenvalue weighted by atomic mass is 10.1. The van der Waals surface area contributed by atoms with Gasteiger partial charge in [0.1, 0.15) is 17.8 Å². The van der Waals surface area contributed by atoms with Crippen LogP contribution in [0.4, 0.5) is 4.39 Å². The first kappa shape index (κ1) is 17.3. The van der Waals surface area contributed by atoms with E-state index in [1.54, 1.807) is 18.5 Å². The maximum Gasteiger partial charge on any atom is 0.254 e. The number of hydrogen-bond acceptors (Lipinski definition) is 6. The SMILES string of the molecule is NC(=O)c1cc(-c2cnn(C3CSC3)c2)cnc1OC1CCNCC1F. The van der Waals surface area contributed by atoms with Crippen LogP contribution < -0.4 is 15.8 Å². The van der Waals surface area contributed by atoms with E-state index in [1.807, 2.05) is 22.6 Å². The number of carbonyl (C=O) groups is 1. The van der Waals surface area contributed by atoms with E-state index in [-0.39, 0.29) is 18.0 Å². The first-order chi connectivity index (χ1) is 12.6. The van der Waals surface area contributed by atoms with Crippen LogP contribution in [0.1, 0.15) is 22.8 Å². The number of hydrogen-bond donors (Lipinski definition) is 2. The monoisotopic (exact) mass is 377 g/mol. The van der Waals surface area contributed by atoms with E-state index >= 15 is 0 Å². The number of rotatable bonds is 5. The number of primary amides is 1. The molecule has 0 saturated carbocycles. The number of aromatic nitrogens is 3. The van der Waals surface area contributed by atoms with E-state index < -0.39 is 18.2 Å². The van der Waals surface area contributed by atoms with Gasteiger partial charge in [-0.05, 0) is 19.0 Å². The molecule has 26 heavy (non-hydrogen) atoms. The van der Waals surface area contributed by atoms with Crippen molar-refractivity contribution in [3.05, 3.63) is 30.2 Å². The molecule has 9 heteroatoms. The first-order valence-corrected chi connectivity index (χ1v) is 9.71. The molecular weight excluding hydrogens is 357 g/mol. The van der Waals surface area contributed by atoms with Crippen molar-refractivity contribution in [2.24, 2.45) is 5.73 Å². The summed E-state index contributed by atoms with van der Waals surface area (Å²) in [6.07, 6.45) is 4.02. The molecule has 0 aromatic carbocycles. The highest BCUT2D eigenvalue weighted by molar-refractivity contribution is 8.00. The fourth-order valence-corrected chi connectivity index (χ4v) is 3.77. The Morgan fingerprint density at radius 2 is 2.23 bits per heavy atom. The lowest BCUT2D eigenvalue weighted by molar-refractivity contribution is 0.0676. The Morgan fingerprint density at radius 1 is 1.38 bits per heavy atom. The van der Waals surface area contributed by atoms with E-state index in [4.69, 9.17) is 10.5 Å². The Labute approximate surface area is 154 Å². The number of nitrogens with two attached hydrogens (primary N) is 1. The molecule has 0 bridgehead atoms. The van der Waals surface area contributed by atoms with Crippen LogP contribution in [-0.2, 0) is 0 Å². The second-order valence-electron chi connectivity index (χ2n) is 6.51. The van der Waals surface area contributed by atoms with Gasteiger partial charge in [-0.2, -0.15) is 16.9 Å². The summed E-state index contributed by atoms with van der Waals surface area (Å²) in [5.41, 5.74) is 7.23. The molecule has 2 aliphatic rings. The molecule has 138 valence electrons. The van der Waals surface area contributed by atoms with E-state index in [0.29, 0.717) is 19.0 Å². The van der Waals surface area contributed by atoms with Gasteiger partial charge in [-0.3, -0.25) is 9.48 Å². The second kappa shape index (κ2) is 7.24. The molecule has 2 aromatic rings. The zero-order chi connectivity index (χ0) is 18.1. The van der Waals surface area contributed by atoms with Gasteiger partial charge >= 0.3 is 0 Å². The van der Waals surface area contributed by atoms with Crippen LogP contribution in [0.15, 0.2) is 24.7 Å². The van der Waals surface area contributed by atoms with Crippen LogP contribution in [0.25, 0.3) is 11.1 Å². The molecule has 4 heterocycles. The summed E-state index contributed by atoms with van der Waals surface area (Å²) < 4.78 is 21.6. The molecule has 0 radical (unpaired) electrons. The smallest absolute Gasteiger partial charge is 0.254 e. The highest BCUT2D eigenvalue weighted by Crippen LogP contribution is 2.31. The predicted octanol–water partition coefficient (Wildman–Crippen LogP) is 1.41. The first-order valence-electron chi connectivity index (χ1n) is 8.55. The van der Waals surface area contributed by atoms with E-state index in [0.717, 1.165) is 22.6 Å². The fraction of sp³-hybridized carbons (Fsp3) is 0.471. The molecule has 2 fully saturated rings. The van der Waals surface area contributed by atoms with Crippen molar-refractivity contribution in [2.75, 3.05) is 24.6 Å². The van der Waals surface area contributed by atoms with Crippen LogP contribution in [0.5, 0.6) is 5.88 Å². The third-order valence-electron chi connectivity index (χ3n) is 4.66. The summed E-state index contributed by atoms with van der Waals surface area (Å²) in [7, 11) is 0. The van der Waals surface area contributed by atoms with Crippen molar-refractivity contribution in [3.63, 3.8) is 0 Å². The van der Waals surface area contributed by atoms with Gasteiger partial charge in [0.05, 0.1) is 12.2 Å². The standard InChI is InChI=1S/C17H20FN5O2S/c18-14-6-20-2-1-15(14)25-17-13(16(19)24)3-10(4-21-17)11-5-22-23(7-11)12-8-26-9-12/h3-5,7,12,14-15,20H,1-2,6,8-9H2,(H2,19,24). The molecule has 0 aliphatic carbocycles. The van der Waals surface area contributed by atoms with Crippen LogP contribution in [-0.4, -0.2) is 57.5 Å². The van der Waals surface area contributed by atoms with Gasteiger partial charge in [0.25, 0.3) is 5.91 Å². The Bertz CT molecular complexity index is 810. The summed E-state index contributed by atoms with van der Waals surface area (Å²) in [5.74, 6) is 1.54. The van der Waals surface area contributed by atoms with Gasteiger partial charge in [0, 0.05) is 41.6 Å². The third-order valence-corrected chi connectivity index (χ3v) is 5.90. The van der Waals surface area contributed by atoms with Crippen molar-refractivity contribution in [3.8, 4) is 17.0 Å². The molecule has 2 unspecified atom stereocenters. The maximum absolute atomic E-state index is 14.0. The molecule has 2 aromatic heterocycles. The topological polar surface area (TPSA) is 95.1 Å². The highest BCUT2D eigenvalue weighted by Gasteiger charge is 2.28. The predicted molar refractivity (Wildman–Crippen MR) is 97.1 cm³/mol. The van der Waals surface area contributed by atoms with Gasteiger partial charge in [-0.25, -0.2) is 9.37 Å². The minimum atomic E-state index is -1.15. The number of amides is 1. The fourth-order valence-electron chi connectivity index (χ4n) is 3.02. The molecule has 2 aliphatic heterocycles.